The van der Waals surface area contributed by atoms with Gasteiger partial charge in [0.1, 0.15) is 6.29 Å². The highest BCUT2D eigenvalue weighted by atomic mass is 35.5. The summed E-state index contributed by atoms with van der Waals surface area (Å²) in [4.78, 5) is 20.1. The first kappa shape index (κ1) is 17.1. The van der Waals surface area contributed by atoms with Crippen molar-refractivity contribution in [1.29, 1.82) is 0 Å². The molecule has 0 saturated heterocycles. The van der Waals surface area contributed by atoms with E-state index >= 15 is 0 Å². The minimum atomic E-state index is -6.60. The van der Waals surface area contributed by atoms with Gasteiger partial charge in [-0.1, -0.05) is 0 Å². The maximum Gasteiger partial charge on any atom is 0.410 e. The third-order valence-corrected chi connectivity index (χ3v) is 2.38. The van der Waals surface area contributed by atoms with E-state index in [1.54, 1.807) is 0 Å². The zero-order valence-corrected chi connectivity index (χ0v) is 8.76. The largest absolute Gasteiger partial charge is 0.410 e. The Hall–Kier alpha value is -0.930. The van der Waals surface area contributed by atoms with Crippen LogP contribution in [0.3, 0.4) is 0 Å². The van der Waals surface area contributed by atoms with Gasteiger partial charge in [0.05, 0.1) is 0 Å². The number of carbonyl (C=O) groups excluding carboxylic acids is 2. The molecule has 0 aromatic carbocycles. The van der Waals surface area contributed by atoms with Crippen LogP contribution in [-0.2, 0) is 9.59 Å². The van der Waals surface area contributed by atoms with Gasteiger partial charge in [-0.3, -0.25) is 4.79 Å². The minimum Gasteiger partial charge on any atom is -0.303 e. The third-order valence-electron chi connectivity index (χ3n) is 2.14. The Kier molecular flexibility index (Phi) is 4.39. The second-order valence-electron chi connectivity index (χ2n) is 3.12. The molecule has 0 saturated carbocycles. The number of rotatable bonds is 4. The molecule has 0 aliphatic heterocycles. The number of hydrogen-bond donors (Lipinski definition) is 0. The SMILES string of the molecule is O=CCC(C(F)(F)F)(C(F)(F)F)C(F)(F)C(=O)Cl. The smallest absolute Gasteiger partial charge is 0.303 e. The fourth-order valence-electron chi connectivity index (χ4n) is 1.17. The summed E-state index contributed by atoms with van der Waals surface area (Å²) in [6, 6.07) is 0. The maximum absolute atomic E-state index is 13.0. The summed E-state index contributed by atoms with van der Waals surface area (Å²) in [6.45, 7) is 0. The van der Waals surface area contributed by atoms with Gasteiger partial charge in [0.25, 0.3) is 5.24 Å². The van der Waals surface area contributed by atoms with Crippen LogP contribution < -0.4 is 0 Å². The summed E-state index contributed by atoms with van der Waals surface area (Å²) in [6.07, 6.45) is -16.9. The predicted octanol–water partition coefficient (Wildman–Crippen LogP) is 3.09. The van der Waals surface area contributed by atoms with E-state index < -0.39 is 41.6 Å². The highest BCUT2D eigenvalue weighted by Gasteiger charge is 2.83. The second-order valence-corrected chi connectivity index (χ2v) is 3.46. The number of aldehydes is 1. The monoisotopic (exact) mass is 306 g/mol. The van der Waals surface area contributed by atoms with Crippen molar-refractivity contribution in [2.75, 3.05) is 0 Å². The molecule has 0 aromatic rings. The van der Waals surface area contributed by atoms with Gasteiger partial charge in [0.15, 0.2) is 0 Å². The van der Waals surface area contributed by atoms with E-state index in [0.29, 0.717) is 0 Å². The van der Waals surface area contributed by atoms with Crippen molar-refractivity contribution in [3.05, 3.63) is 0 Å². The van der Waals surface area contributed by atoms with Gasteiger partial charge in [0.2, 0.25) is 5.41 Å². The van der Waals surface area contributed by atoms with E-state index in [-0.39, 0.29) is 0 Å². The van der Waals surface area contributed by atoms with Crippen LogP contribution in [0.15, 0.2) is 0 Å². The molecular formula is C7H3ClF8O2. The maximum atomic E-state index is 13.0. The highest BCUT2D eigenvalue weighted by molar-refractivity contribution is 6.65. The molecule has 0 aliphatic rings. The molecule has 0 fully saturated rings. The van der Waals surface area contributed by atoms with Crippen LogP contribution in [0.25, 0.3) is 0 Å². The van der Waals surface area contributed by atoms with E-state index in [9.17, 15) is 44.7 Å². The zero-order chi connectivity index (χ0) is 15.0. The van der Waals surface area contributed by atoms with Crippen molar-refractivity contribution in [1.82, 2.24) is 0 Å². The number of alkyl halides is 8. The Bertz CT molecular complexity index is 330. The zero-order valence-electron chi connectivity index (χ0n) is 8.00. The molecule has 0 bridgehead atoms. The van der Waals surface area contributed by atoms with Crippen molar-refractivity contribution in [3.63, 3.8) is 0 Å². The van der Waals surface area contributed by atoms with Gasteiger partial charge in [-0.15, -0.1) is 0 Å². The van der Waals surface area contributed by atoms with Crippen molar-refractivity contribution >= 4 is 23.1 Å². The fraction of sp³-hybridized carbons (Fsp3) is 0.714. The molecule has 0 aromatic heterocycles. The average Bonchev–Trinajstić information content (AvgIpc) is 2.08. The molecule has 18 heavy (non-hydrogen) atoms. The molecule has 0 radical (unpaired) electrons. The van der Waals surface area contributed by atoms with E-state index in [0.717, 1.165) is 0 Å². The Morgan fingerprint density at radius 3 is 1.44 bits per heavy atom. The van der Waals surface area contributed by atoms with E-state index in [4.69, 9.17) is 0 Å². The summed E-state index contributed by atoms with van der Waals surface area (Å²) >= 11 is 4.10. The van der Waals surface area contributed by atoms with E-state index in [1.807, 2.05) is 0 Å². The molecule has 0 amide bonds. The van der Waals surface area contributed by atoms with Gasteiger partial charge in [-0.2, -0.15) is 35.1 Å². The fourth-order valence-corrected chi connectivity index (χ4v) is 1.33. The van der Waals surface area contributed by atoms with Crippen LogP contribution in [0, 0.1) is 5.41 Å². The Labute approximate surface area is 98.9 Å². The number of halogens is 9. The summed E-state index contributed by atoms with van der Waals surface area (Å²) in [7, 11) is 0. The lowest BCUT2D eigenvalue weighted by Crippen LogP contribution is -2.63. The van der Waals surface area contributed by atoms with Crippen LogP contribution in [0.4, 0.5) is 35.1 Å². The first-order valence-corrected chi connectivity index (χ1v) is 4.28. The lowest BCUT2D eigenvalue weighted by Gasteiger charge is -2.39. The summed E-state index contributed by atoms with van der Waals surface area (Å²) < 4.78 is 100.0. The Balaban J connectivity index is 6.30. The average molecular weight is 307 g/mol. The Morgan fingerprint density at radius 2 is 1.28 bits per heavy atom. The molecule has 0 atom stereocenters. The highest BCUT2D eigenvalue weighted by Crippen LogP contribution is 2.60. The second kappa shape index (κ2) is 4.63. The molecule has 0 spiro atoms. The lowest BCUT2D eigenvalue weighted by atomic mass is 9.77. The molecule has 11 heteroatoms. The first-order chi connectivity index (χ1) is 7.75. The van der Waals surface area contributed by atoms with Gasteiger partial charge in [0, 0.05) is 6.42 Å². The van der Waals surface area contributed by atoms with Crippen molar-refractivity contribution in [2.24, 2.45) is 5.41 Å². The predicted molar refractivity (Wildman–Crippen MR) is 41.0 cm³/mol. The Morgan fingerprint density at radius 1 is 0.944 bits per heavy atom. The molecule has 106 valence electrons. The van der Waals surface area contributed by atoms with Gasteiger partial charge >= 0.3 is 18.3 Å². The molecule has 0 unspecified atom stereocenters. The number of carbonyl (C=O) groups is 2. The van der Waals surface area contributed by atoms with Crippen molar-refractivity contribution in [2.45, 2.75) is 24.7 Å². The standard InChI is InChI=1S/C7H3ClF8O2/c8-3(18)5(9,10)4(1-2-17,6(11,12)13)7(14,15)16/h2H,1H2. The van der Waals surface area contributed by atoms with Crippen LogP contribution in [0.1, 0.15) is 6.42 Å². The number of hydrogen-bond acceptors (Lipinski definition) is 2. The first-order valence-electron chi connectivity index (χ1n) is 3.90. The molecule has 0 rings (SSSR count). The van der Waals surface area contributed by atoms with Gasteiger partial charge in [-0.25, -0.2) is 0 Å². The van der Waals surface area contributed by atoms with Crippen LogP contribution in [-0.4, -0.2) is 29.8 Å². The van der Waals surface area contributed by atoms with Crippen molar-refractivity contribution in [3.8, 4) is 0 Å². The summed E-state index contributed by atoms with van der Waals surface area (Å²) in [5.41, 5.74) is -5.84. The summed E-state index contributed by atoms with van der Waals surface area (Å²) in [5.74, 6) is -6.02. The van der Waals surface area contributed by atoms with E-state index in [2.05, 4.69) is 11.6 Å². The lowest BCUT2D eigenvalue weighted by molar-refractivity contribution is -0.387. The molecular weight excluding hydrogens is 304 g/mol. The molecule has 0 aliphatic carbocycles. The quantitative estimate of drug-likeness (QED) is 0.454. The topological polar surface area (TPSA) is 34.1 Å². The molecule has 2 nitrogen and oxygen atoms in total. The molecule has 0 N–H and O–H groups in total. The van der Waals surface area contributed by atoms with Crippen LogP contribution >= 0.6 is 11.6 Å². The normalized spacial score (nSPS) is 14.5. The van der Waals surface area contributed by atoms with E-state index in [1.165, 1.54) is 0 Å². The van der Waals surface area contributed by atoms with Gasteiger partial charge in [-0.05, 0) is 11.6 Å². The third kappa shape index (κ3) is 2.29. The van der Waals surface area contributed by atoms with Crippen LogP contribution in [0.2, 0.25) is 0 Å². The van der Waals surface area contributed by atoms with Crippen LogP contribution in [0.5, 0.6) is 0 Å². The molecule has 0 heterocycles. The minimum absolute atomic E-state index is 1.01. The summed E-state index contributed by atoms with van der Waals surface area (Å²) in [5, 5.41) is -3.15. The van der Waals surface area contributed by atoms with Gasteiger partial charge < -0.3 is 4.79 Å². The van der Waals surface area contributed by atoms with Crippen molar-refractivity contribution < 1.29 is 44.7 Å².